The molecule has 0 radical (unpaired) electrons. The lowest BCUT2D eigenvalue weighted by Gasteiger charge is -2.21. The van der Waals surface area contributed by atoms with E-state index in [1.165, 1.54) is 18.5 Å². The molecule has 0 saturated carbocycles. The van der Waals surface area contributed by atoms with Crippen molar-refractivity contribution in [3.63, 3.8) is 0 Å². The van der Waals surface area contributed by atoms with Crippen LogP contribution in [0.1, 0.15) is 42.0 Å². The molecule has 5 nitrogen and oxygen atoms in total. The summed E-state index contributed by atoms with van der Waals surface area (Å²) < 4.78 is 46.6. The molecule has 3 aromatic rings. The number of nitrogens with zero attached hydrogens (tertiary/aromatic N) is 3. The second-order valence-electron chi connectivity index (χ2n) is 6.69. The summed E-state index contributed by atoms with van der Waals surface area (Å²) in [6.45, 7) is 1.89. The Balaban J connectivity index is 1.55. The minimum atomic E-state index is -4.45. The van der Waals surface area contributed by atoms with Crippen molar-refractivity contribution in [1.29, 1.82) is 0 Å². The molecule has 4 rings (SSSR count). The first-order valence-corrected chi connectivity index (χ1v) is 8.63. The van der Waals surface area contributed by atoms with Gasteiger partial charge in [-0.25, -0.2) is 9.97 Å². The molecule has 3 unspecified atom stereocenters. The Morgan fingerprint density at radius 3 is 2.81 bits per heavy atom. The maximum atomic E-state index is 12.9. The molecule has 8 heteroatoms. The molecule has 3 heterocycles. The van der Waals surface area contributed by atoms with Crippen molar-refractivity contribution >= 4 is 11.0 Å². The summed E-state index contributed by atoms with van der Waals surface area (Å²) in [5.41, 5.74) is 1.02. The number of aliphatic hydroxyl groups is 1. The van der Waals surface area contributed by atoms with Crippen molar-refractivity contribution in [3.8, 4) is 0 Å². The summed E-state index contributed by atoms with van der Waals surface area (Å²) in [5.74, 6) is 0. The molecule has 1 N–H and O–H groups in total. The van der Waals surface area contributed by atoms with Gasteiger partial charge in [0.2, 0.25) is 0 Å². The zero-order valence-corrected chi connectivity index (χ0v) is 14.5. The molecule has 1 fully saturated rings. The summed E-state index contributed by atoms with van der Waals surface area (Å²) in [4.78, 5) is 8.46. The van der Waals surface area contributed by atoms with Gasteiger partial charge in [-0.15, -0.1) is 0 Å². The van der Waals surface area contributed by atoms with Crippen LogP contribution in [0, 0.1) is 6.92 Å². The first-order chi connectivity index (χ1) is 12.8. The lowest BCUT2D eigenvalue weighted by Crippen LogP contribution is -2.19. The van der Waals surface area contributed by atoms with Gasteiger partial charge in [-0.1, -0.05) is 12.1 Å². The maximum absolute atomic E-state index is 12.9. The lowest BCUT2D eigenvalue weighted by atomic mass is 10.00. The fraction of sp³-hybridized carbons (Fsp3) is 0.368. The summed E-state index contributed by atoms with van der Waals surface area (Å²) in [6, 6.07) is 6.65. The van der Waals surface area contributed by atoms with Gasteiger partial charge in [-0.2, -0.15) is 13.2 Å². The van der Waals surface area contributed by atoms with Crippen molar-refractivity contribution in [2.24, 2.45) is 0 Å². The van der Waals surface area contributed by atoms with E-state index >= 15 is 0 Å². The molecule has 142 valence electrons. The van der Waals surface area contributed by atoms with E-state index in [-0.39, 0.29) is 11.8 Å². The Labute approximate surface area is 153 Å². The van der Waals surface area contributed by atoms with Crippen molar-refractivity contribution in [3.05, 3.63) is 59.7 Å². The third-order valence-corrected chi connectivity index (χ3v) is 4.96. The van der Waals surface area contributed by atoms with E-state index < -0.39 is 23.9 Å². The van der Waals surface area contributed by atoms with Gasteiger partial charge in [0.15, 0.2) is 0 Å². The van der Waals surface area contributed by atoms with Crippen LogP contribution in [-0.4, -0.2) is 25.7 Å². The van der Waals surface area contributed by atoms with Crippen molar-refractivity contribution in [1.82, 2.24) is 14.5 Å². The smallest absolute Gasteiger partial charge is 0.386 e. The number of halogens is 3. The predicted molar refractivity (Wildman–Crippen MR) is 91.8 cm³/mol. The van der Waals surface area contributed by atoms with E-state index in [4.69, 9.17) is 4.74 Å². The monoisotopic (exact) mass is 377 g/mol. The number of aliphatic hydroxyl groups excluding tert-OH is 1. The molecule has 0 aliphatic carbocycles. The molecule has 27 heavy (non-hydrogen) atoms. The summed E-state index contributed by atoms with van der Waals surface area (Å²) >= 11 is 0. The average molecular weight is 377 g/mol. The van der Waals surface area contributed by atoms with E-state index in [1.54, 1.807) is 0 Å². The predicted octanol–water partition coefficient (Wildman–Crippen LogP) is 4.17. The molecule has 0 bridgehead atoms. The van der Waals surface area contributed by atoms with E-state index in [2.05, 4.69) is 9.97 Å². The minimum Gasteiger partial charge on any atom is -0.386 e. The standard InChI is InChI=1S/C19H18F3N3O2/c1-11-14-7-8-25(18(14)24-10-23-11)16-6-5-15(27-16)17(26)12-3-2-4-13(9-12)19(20,21)22/h2-4,7-10,15-17,26H,5-6H2,1H3. The molecule has 0 spiro atoms. The highest BCUT2D eigenvalue weighted by Gasteiger charge is 2.35. The van der Waals surface area contributed by atoms with E-state index in [0.717, 1.165) is 28.9 Å². The van der Waals surface area contributed by atoms with Crippen LogP contribution in [-0.2, 0) is 10.9 Å². The van der Waals surface area contributed by atoms with Crippen LogP contribution in [0.15, 0.2) is 42.9 Å². The number of hydrogen-bond acceptors (Lipinski definition) is 4. The second kappa shape index (κ2) is 6.61. The highest BCUT2D eigenvalue weighted by atomic mass is 19.4. The first kappa shape index (κ1) is 17.9. The van der Waals surface area contributed by atoms with Crippen molar-refractivity contribution in [2.45, 2.75) is 44.4 Å². The highest BCUT2D eigenvalue weighted by molar-refractivity contribution is 5.78. The van der Waals surface area contributed by atoms with E-state index in [1.807, 2.05) is 23.8 Å². The zero-order valence-electron chi connectivity index (χ0n) is 14.5. The fourth-order valence-corrected chi connectivity index (χ4v) is 3.53. The number of aryl methyl sites for hydroxylation is 1. The molecule has 1 saturated heterocycles. The number of aromatic nitrogens is 3. The van der Waals surface area contributed by atoms with Crippen LogP contribution in [0.5, 0.6) is 0 Å². The number of benzene rings is 1. The number of ether oxygens (including phenoxy) is 1. The van der Waals surface area contributed by atoms with Gasteiger partial charge in [0, 0.05) is 11.6 Å². The molecule has 2 aromatic heterocycles. The Bertz CT molecular complexity index is 970. The first-order valence-electron chi connectivity index (χ1n) is 8.63. The largest absolute Gasteiger partial charge is 0.416 e. The van der Waals surface area contributed by atoms with Gasteiger partial charge in [-0.05, 0) is 43.5 Å². The number of hydrogen-bond donors (Lipinski definition) is 1. The maximum Gasteiger partial charge on any atom is 0.416 e. The molecule has 1 aliphatic heterocycles. The Morgan fingerprint density at radius 1 is 1.22 bits per heavy atom. The Kier molecular flexibility index (Phi) is 4.39. The normalized spacial score (nSPS) is 21.7. The van der Waals surface area contributed by atoms with Crippen molar-refractivity contribution in [2.75, 3.05) is 0 Å². The Morgan fingerprint density at radius 2 is 2.04 bits per heavy atom. The number of alkyl halides is 3. The SMILES string of the molecule is Cc1ncnc2c1ccn2C1CCC(C(O)c2cccc(C(F)(F)F)c2)O1. The number of fused-ring (bicyclic) bond motifs is 1. The van der Waals surface area contributed by atoms with Crippen LogP contribution < -0.4 is 0 Å². The van der Waals surface area contributed by atoms with Crippen LogP contribution in [0.25, 0.3) is 11.0 Å². The minimum absolute atomic E-state index is 0.200. The summed E-state index contributed by atoms with van der Waals surface area (Å²) in [5, 5.41) is 11.5. The van der Waals surface area contributed by atoms with Crippen LogP contribution in [0.2, 0.25) is 0 Å². The molecule has 3 atom stereocenters. The van der Waals surface area contributed by atoms with Gasteiger partial charge >= 0.3 is 6.18 Å². The molecule has 1 aromatic carbocycles. The van der Waals surface area contributed by atoms with Crippen LogP contribution in [0.4, 0.5) is 13.2 Å². The second-order valence-corrected chi connectivity index (χ2v) is 6.69. The lowest BCUT2D eigenvalue weighted by molar-refractivity contribution is -0.137. The van der Waals surface area contributed by atoms with E-state index in [0.29, 0.717) is 12.8 Å². The third-order valence-electron chi connectivity index (χ3n) is 4.96. The van der Waals surface area contributed by atoms with Crippen molar-refractivity contribution < 1.29 is 23.0 Å². The molecule has 1 aliphatic rings. The zero-order chi connectivity index (χ0) is 19.2. The highest BCUT2D eigenvalue weighted by Crippen LogP contribution is 2.38. The van der Waals surface area contributed by atoms with Crippen LogP contribution in [0.3, 0.4) is 0 Å². The van der Waals surface area contributed by atoms with E-state index in [9.17, 15) is 18.3 Å². The Hall–Kier alpha value is -2.45. The van der Waals surface area contributed by atoms with Crippen LogP contribution >= 0.6 is 0 Å². The average Bonchev–Trinajstić information content (AvgIpc) is 3.28. The van der Waals surface area contributed by atoms with Gasteiger partial charge in [0.25, 0.3) is 0 Å². The van der Waals surface area contributed by atoms with Gasteiger partial charge in [0.05, 0.1) is 17.4 Å². The molecular weight excluding hydrogens is 359 g/mol. The third kappa shape index (κ3) is 3.30. The molecule has 0 amide bonds. The van der Waals surface area contributed by atoms with Gasteiger partial charge in [0.1, 0.15) is 24.3 Å². The van der Waals surface area contributed by atoms with Gasteiger partial charge < -0.3 is 14.4 Å². The quantitative estimate of drug-likeness (QED) is 0.744. The summed E-state index contributed by atoms with van der Waals surface area (Å²) in [7, 11) is 0. The topological polar surface area (TPSA) is 60.2 Å². The molecular formula is C19H18F3N3O2. The number of rotatable bonds is 3. The summed E-state index contributed by atoms with van der Waals surface area (Å²) in [6.07, 6.45) is -1.99. The van der Waals surface area contributed by atoms with Gasteiger partial charge in [-0.3, -0.25) is 0 Å². The fourth-order valence-electron chi connectivity index (χ4n) is 3.53.